The summed E-state index contributed by atoms with van der Waals surface area (Å²) < 4.78 is 9.31. The molecular weight excluding hydrogens is 362 g/mol. The van der Waals surface area contributed by atoms with Crippen LogP contribution in [0, 0.1) is 25.2 Å². The first-order valence-electron chi connectivity index (χ1n) is 8.61. The van der Waals surface area contributed by atoms with Crippen LogP contribution in [0.2, 0.25) is 0 Å². The molecule has 3 rings (SSSR count). The van der Waals surface area contributed by atoms with E-state index in [1.807, 2.05) is 48.2 Å². The van der Waals surface area contributed by atoms with Crippen LogP contribution >= 0.6 is 11.8 Å². The minimum Gasteiger partial charge on any atom is -0.467 e. The Balaban J connectivity index is 1.79. The number of hydrogen-bond acceptors (Lipinski definition) is 5. The summed E-state index contributed by atoms with van der Waals surface area (Å²) in [5, 5.41) is 13.3. The fourth-order valence-electron chi connectivity index (χ4n) is 2.86. The first-order chi connectivity index (χ1) is 13.0. The fraction of sp³-hybridized carbons (Fsp3) is 0.316. The highest BCUT2D eigenvalue weighted by molar-refractivity contribution is 7.99. The van der Waals surface area contributed by atoms with E-state index >= 15 is 0 Å². The number of aromatic nitrogens is 3. The predicted molar refractivity (Wildman–Crippen MR) is 104 cm³/mol. The molecule has 0 unspecified atom stereocenters. The molecule has 27 heavy (non-hydrogen) atoms. The van der Waals surface area contributed by atoms with Crippen molar-refractivity contribution in [3.05, 3.63) is 53.4 Å². The molecule has 7 nitrogen and oxygen atoms in total. The van der Waals surface area contributed by atoms with Gasteiger partial charge in [0.1, 0.15) is 17.6 Å². The summed E-state index contributed by atoms with van der Waals surface area (Å²) in [6.07, 6.45) is 5.21. The maximum absolute atomic E-state index is 12.5. The monoisotopic (exact) mass is 383 g/mol. The number of nitriles is 1. The zero-order valence-corrected chi connectivity index (χ0v) is 16.3. The van der Waals surface area contributed by atoms with Gasteiger partial charge in [-0.3, -0.25) is 4.79 Å². The molecule has 0 saturated heterocycles. The molecule has 0 aliphatic heterocycles. The molecule has 3 aromatic rings. The van der Waals surface area contributed by atoms with Crippen molar-refractivity contribution in [1.82, 2.24) is 14.1 Å². The van der Waals surface area contributed by atoms with Gasteiger partial charge in [-0.1, -0.05) is 11.8 Å². The molecule has 3 heterocycles. The van der Waals surface area contributed by atoms with Crippen molar-refractivity contribution in [3.63, 3.8) is 0 Å². The molecule has 0 atom stereocenters. The van der Waals surface area contributed by atoms with Crippen LogP contribution < -0.4 is 5.32 Å². The molecule has 0 saturated carbocycles. The normalized spacial score (nSPS) is 10.7. The highest BCUT2D eigenvalue weighted by Gasteiger charge is 2.20. The number of imidazole rings is 1. The molecule has 1 N–H and O–H groups in total. The second-order valence-electron chi connectivity index (χ2n) is 6.04. The smallest absolute Gasteiger partial charge is 0.235 e. The van der Waals surface area contributed by atoms with E-state index in [9.17, 15) is 10.1 Å². The van der Waals surface area contributed by atoms with Gasteiger partial charge in [0.15, 0.2) is 5.16 Å². The van der Waals surface area contributed by atoms with E-state index in [2.05, 4.69) is 16.4 Å². The van der Waals surface area contributed by atoms with Gasteiger partial charge in [-0.25, -0.2) is 4.98 Å². The minimum absolute atomic E-state index is 0.180. The van der Waals surface area contributed by atoms with Crippen molar-refractivity contribution in [1.29, 1.82) is 5.26 Å². The maximum atomic E-state index is 12.5. The molecule has 0 bridgehead atoms. The Hall–Kier alpha value is -2.92. The van der Waals surface area contributed by atoms with Crippen LogP contribution in [0.1, 0.15) is 29.5 Å². The van der Waals surface area contributed by atoms with E-state index in [0.29, 0.717) is 17.9 Å². The standard InChI is InChI=1S/C19H21N5O2S/c1-4-23-8-7-21-19(23)27-12-17(25)22-18-16(10-20)13(2)14(3)24(18)11-15-6-5-9-26-15/h5-9H,4,11-12H2,1-3H3,(H,22,25). The Morgan fingerprint density at radius 1 is 1.44 bits per heavy atom. The molecule has 0 radical (unpaired) electrons. The van der Waals surface area contributed by atoms with E-state index in [1.165, 1.54) is 11.8 Å². The Morgan fingerprint density at radius 2 is 2.26 bits per heavy atom. The topological polar surface area (TPSA) is 88.8 Å². The predicted octanol–water partition coefficient (Wildman–Crippen LogP) is 3.57. The lowest BCUT2D eigenvalue weighted by molar-refractivity contribution is -0.113. The van der Waals surface area contributed by atoms with Gasteiger partial charge in [-0.15, -0.1) is 0 Å². The molecule has 3 aromatic heterocycles. The Bertz CT molecular complexity index is 979. The number of carbonyl (C=O) groups is 1. The quantitative estimate of drug-likeness (QED) is 0.630. The Kier molecular flexibility index (Phi) is 5.72. The zero-order valence-electron chi connectivity index (χ0n) is 15.5. The fourth-order valence-corrected chi connectivity index (χ4v) is 3.68. The first-order valence-corrected chi connectivity index (χ1v) is 9.59. The molecule has 0 aliphatic rings. The van der Waals surface area contributed by atoms with Crippen LogP contribution in [0.4, 0.5) is 5.82 Å². The molecule has 8 heteroatoms. The lowest BCUT2D eigenvalue weighted by Crippen LogP contribution is -2.18. The summed E-state index contributed by atoms with van der Waals surface area (Å²) in [6, 6.07) is 5.89. The van der Waals surface area contributed by atoms with Gasteiger partial charge >= 0.3 is 0 Å². The van der Waals surface area contributed by atoms with E-state index in [1.54, 1.807) is 12.5 Å². The molecule has 0 spiro atoms. The second-order valence-corrected chi connectivity index (χ2v) is 6.99. The third-order valence-corrected chi connectivity index (χ3v) is 5.45. The van der Waals surface area contributed by atoms with Crippen LogP contribution in [-0.2, 0) is 17.9 Å². The van der Waals surface area contributed by atoms with Gasteiger partial charge in [-0.2, -0.15) is 5.26 Å². The third-order valence-electron chi connectivity index (χ3n) is 4.44. The summed E-state index contributed by atoms with van der Waals surface area (Å²) >= 11 is 1.37. The van der Waals surface area contributed by atoms with Gasteiger partial charge in [0.05, 0.1) is 24.1 Å². The van der Waals surface area contributed by atoms with Crippen molar-refractivity contribution >= 4 is 23.5 Å². The Labute approximate surface area is 162 Å². The number of amides is 1. The van der Waals surface area contributed by atoms with Crippen LogP contribution in [0.5, 0.6) is 0 Å². The average molecular weight is 383 g/mol. The molecule has 0 aromatic carbocycles. The minimum atomic E-state index is -0.180. The van der Waals surface area contributed by atoms with Crippen molar-refractivity contribution in [3.8, 4) is 6.07 Å². The zero-order chi connectivity index (χ0) is 19.4. The van der Waals surface area contributed by atoms with Gasteiger partial charge < -0.3 is 18.9 Å². The number of carbonyl (C=O) groups excluding carboxylic acids is 1. The van der Waals surface area contributed by atoms with Gasteiger partial charge in [0, 0.05) is 24.6 Å². The lowest BCUT2D eigenvalue weighted by atomic mass is 10.2. The van der Waals surface area contributed by atoms with E-state index < -0.39 is 0 Å². The number of rotatable bonds is 7. The third kappa shape index (κ3) is 3.93. The highest BCUT2D eigenvalue weighted by atomic mass is 32.2. The van der Waals surface area contributed by atoms with Gasteiger partial charge in [-0.05, 0) is 38.5 Å². The van der Waals surface area contributed by atoms with Crippen molar-refractivity contribution < 1.29 is 9.21 Å². The lowest BCUT2D eigenvalue weighted by Gasteiger charge is -2.12. The summed E-state index contributed by atoms with van der Waals surface area (Å²) in [5.74, 6) is 1.30. The largest absolute Gasteiger partial charge is 0.467 e. The first kappa shape index (κ1) is 18.9. The molecule has 0 fully saturated rings. The van der Waals surface area contributed by atoms with Gasteiger partial charge in [0.2, 0.25) is 5.91 Å². The van der Waals surface area contributed by atoms with Crippen LogP contribution in [0.25, 0.3) is 0 Å². The maximum Gasteiger partial charge on any atom is 0.235 e. The number of hydrogen-bond donors (Lipinski definition) is 1. The molecular formula is C19H21N5O2S. The number of furan rings is 1. The number of nitrogens with one attached hydrogen (secondary N) is 1. The summed E-state index contributed by atoms with van der Waals surface area (Å²) in [4.78, 5) is 16.8. The SMILES string of the molecule is CCn1ccnc1SCC(=O)Nc1c(C#N)c(C)c(C)n1Cc1ccco1. The number of thioether (sulfide) groups is 1. The van der Waals surface area contributed by atoms with E-state index in [4.69, 9.17) is 4.42 Å². The molecule has 1 amide bonds. The molecule has 140 valence electrons. The summed E-state index contributed by atoms with van der Waals surface area (Å²) in [6.45, 7) is 7.09. The van der Waals surface area contributed by atoms with Crippen LogP contribution in [0.15, 0.2) is 40.4 Å². The van der Waals surface area contributed by atoms with Gasteiger partial charge in [0.25, 0.3) is 0 Å². The van der Waals surface area contributed by atoms with E-state index in [0.717, 1.165) is 28.7 Å². The number of nitrogens with zero attached hydrogens (tertiary/aromatic N) is 4. The Morgan fingerprint density at radius 3 is 2.93 bits per heavy atom. The molecule has 0 aliphatic carbocycles. The average Bonchev–Trinajstić information content (AvgIpc) is 3.38. The van der Waals surface area contributed by atoms with Crippen LogP contribution in [-0.4, -0.2) is 25.8 Å². The summed E-state index contributed by atoms with van der Waals surface area (Å²) in [7, 11) is 0. The van der Waals surface area contributed by atoms with Crippen molar-refractivity contribution in [2.24, 2.45) is 0 Å². The van der Waals surface area contributed by atoms with Crippen molar-refractivity contribution in [2.75, 3.05) is 11.1 Å². The van der Waals surface area contributed by atoms with E-state index in [-0.39, 0.29) is 11.7 Å². The number of aryl methyl sites for hydroxylation is 1. The second kappa shape index (κ2) is 8.18. The number of anilines is 1. The summed E-state index contributed by atoms with van der Waals surface area (Å²) in [5.41, 5.74) is 2.26. The van der Waals surface area contributed by atoms with Crippen molar-refractivity contribution in [2.45, 2.75) is 39.0 Å². The highest BCUT2D eigenvalue weighted by Crippen LogP contribution is 2.28. The van der Waals surface area contributed by atoms with Crippen LogP contribution in [0.3, 0.4) is 0 Å².